The summed E-state index contributed by atoms with van der Waals surface area (Å²) in [6.45, 7) is 4.63. The average Bonchev–Trinajstić information content (AvgIpc) is 2.96. The minimum Gasteiger partial charge on any atom is -0.481 e. The van der Waals surface area contributed by atoms with Crippen molar-refractivity contribution in [2.75, 3.05) is 13.1 Å². The van der Waals surface area contributed by atoms with Gasteiger partial charge in [-0.3, -0.25) is 9.59 Å². The minimum absolute atomic E-state index is 0.131. The number of amides is 1. The summed E-state index contributed by atoms with van der Waals surface area (Å²) in [5, 5.41) is 10.7. The van der Waals surface area contributed by atoms with Crippen molar-refractivity contribution in [3.63, 3.8) is 0 Å². The van der Waals surface area contributed by atoms with Gasteiger partial charge in [0.1, 0.15) is 9.88 Å². The molecule has 1 aliphatic rings. The lowest BCUT2D eigenvalue weighted by Gasteiger charge is -2.34. The number of carboxylic acids is 1. The number of aromatic nitrogens is 1. The Balaban J connectivity index is 1.85. The third-order valence-electron chi connectivity index (χ3n) is 4.38. The van der Waals surface area contributed by atoms with Crippen LogP contribution in [0, 0.1) is 18.8 Å². The number of likely N-dealkylation sites (tertiary alicyclic amines) is 1. The van der Waals surface area contributed by atoms with Crippen molar-refractivity contribution in [1.82, 2.24) is 9.88 Å². The number of carbonyl (C=O) groups is 2. The predicted molar refractivity (Wildman–Crippen MR) is 98.1 cm³/mol. The standard InChI is InChI=1S/C18H19ClN2O3S/c1-10-7-13(18(23)24)9-21(8-10)17(22)15-11(2)20-16(25-15)12-3-5-14(19)6-4-12/h3-6,10,13H,7-9H2,1-2H3,(H,23,24). The van der Waals surface area contributed by atoms with Crippen molar-refractivity contribution >= 4 is 34.8 Å². The number of thiazole rings is 1. The van der Waals surface area contributed by atoms with Crippen molar-refractivity contribution in [3.05, 3.63) is 39.9 Å². The molecule has 1 amide bonds. The van der Waals surface area contributed by atoms with Crippen LogP contribution < -0.4 is 0 Å². The first kappa shape index (κ1) is 17.9. The van der Waals surface area contributed by atoms with Crippen LogP contribution in [0.15, 0.2) is 24.3 Å². The Kier molecular flexibility index (Phi) is 5.11. The molecule has 3 rings (SSSR count). The zero-order valence-electron chi connectivity index (χ0n) is 14.0. The van der Waals surface area contributed by atoms with Crippen LogP contribution >= 0.6 is 22.9 Å². The third-order valence-corrected chi connectivity index (χ3v) is 5.82. The lowest BCUT2D eigenvalue weighted by Crippen LogP contribution is -2.45. The lowest BCUT2D eigenvalue weighted by atomic mass is 9.90. The number of piperidine rings is 1. The van der Waals surface area contributed by atoms with Gasteiger partial charge in [0.15, 0.2) is 0 Å². The maximum absolute atomic E-state index is 12.9. The average molecular weight is 379 g/mol. The molecule has 25 heavy (non-hydrogen) atoms. The molecule has 1 aliphatic heterocycles. The number of halogens is 1. The normalized spacial score (nSPS) is 20.5. The van der Waals surface area contributed by atoms with E-state index in [1.165, 1.54) is 11.3 Å². The maximum Gasteiger partial charge on any atom is 0.308 e. The van der Waals surface area contributed by atoms with Gasteiger partial charge in [-0.25, -0.2) is 4.98 Å². The van der Waals surface area contributed by atoms with Gasteiger partial charge in [0.25, 0.3) is 5.91 Å². The number of aryl methyl sites for hydroxylation is 1. The van der Waals surface area contributed by atoms with E-state index in [2.05, 4.69) is 4.98 Å². The van der Waals surface area contributed by atoms with Crippen molar-refractivity contribution in [2.45, 2.75) is 20.3 Å². The second-order valence-corrected chi connectivity index (χ2v) is 7.96. The molecule has 1 aromatic heterocycles. The van der Waals surface area contributed by atoms with E-state index < -0.39 is 11.9 Å². The Bertz CT molecular complexity index is 803. The molecule has 0 saturated carbocycles. The summed E-state index contributed by atoms with van der Waals surface area (Å²) in [5.74, 6) is -1.31. The second-order valence-electron chi connectivity index (χ2n) is 6.53. The van der Waals surface area contributed by atoms with Crippen LogP contribution in [-0.2, 0) is 4.79 Å². The Morgan fingerprint density at radius 3 is 2.60 bits per heavy atom. The molecule has 1 saturated heterocycles. The summed E-state index contributed by atoms with van der Waals surface area (Å²) in [6, 6.07) is 7.33. The maximum atomic E-state index is 12.9. The van der Waals surface area contributed by atoms with Gasteiger partial charge in [-0.05, 0) is 31.4 Å². The van der Waals surface area contributed by atoms with Crippen LogP contribution in [0.3, 0.4) is 0 Å². The van der Waals surface area contributed by atoms with Gasteiger partial charge in [0.05, 0.1) is 11.6 Å². The SMILES string of the molecule is Cc1nc(-c2ccc(Cl)cc2)sc1C(=O)N1CC(C)CC(C(=O)O)C1. The van der Waals surface area contributed by atoms with E-state index >= 15 is 0 Å². The second kappa shape index (κ2) is 7.14. The van der Waals surface area contributed by atoms with Gasteiger partial charge in [0.2, 0.25) is 0 Å². The van der Waals surface area contributed by atoms with E-state index in [4.69, 9.17) is 11.6 Å². The summed E-state index contributed by atoms with van der Waals surface area (Å²) in [5.41, 5.74) is 1.58. The first-order valence-electron chi connectivity index (χ1n) is 8.10. The molecule has 2 unspecified atom stereocenters. The van der Waals surface area contributed by atoms with E-state index in [-0.39, 0.29) is 18.4 Å². The topological polar surface area (TPSA) is 70.5 Å². The molecule has 2 heterocycles. The highest BCUT2D eigenvalue weighted by Crippen LogP contribution is 2.31. The molecule has 0 bridgehead atoms. The summed E-state index contributed by atoms with van der Waals surface area (Å²) >= 11 is 7.25. The number of hydrogen-bond donors (Lipinski definition) is 1. The summed E-state index contributed by atoms with van der Waals surface area (Å²) in [4.78, 5) is 31.0. The molecule has 5 nitrogen and oxygen atoms in total. The van der Waals surface area contributed by atoms with Crippen LogP contribution in [-0.4, -0.2) is 40.0 Å². The highest BCUT2D eigenvalue weighted by molar-refractivity contribution is 7.17. The molecule has 0 radical (unpaired) electrons. The molecular formula is C18H19ClN2O3S. The van der Waals surface area contributed by atoms with E-state index in [9.17, 15) is 14.7 Å². The minimum atomic E-state index is -0.841. The summed E-state index contributed by atoms with van der Waals surface area (Å²) in [6.07, 6.45) is 0.608. The molecule has 0 aliphatic carbocycles. The molecule has 7 heteroatoms. The van der Waals surface area contributed by atoms with Crippen LogP contribution in [0.1, 0.15) is 28.7 Å². The highest BCUT2D eigenvalue weighted by atomic mass is 35.5. The number of carbonyl (C=O) groups excluding carboxylic acids is 1. The molecule has 2 aromatic rings. The molecule has 1 aromatic carbocycles. The third kappa shape index (κ3) is 3.85. The molecule has 132 valence electrons. The summed E-state index contributed by atoms with van der Waals surface area (Å²) in [7, 11) is 0. The van der Waals surface area contributed by atoms with Crippen LogP contribution in [0.25, 0.3) is 10.6 Å². The van der Waals surface area contributed by atoms with E-state index in [0.29, 0.717) is 28.6 Å². The first-order chi connectivity index (χ1) is 11.8. The van der Waals surface area contributed by atoms with Crippen molar-refractivity contribution in [3.8, 4) is 10.6 Å². The zero-order chi connectivity index (χ0) is 18.1. The predicted octanol–water partition coefficient (Wildman–Crippen LogP) is 3.95. The fourth-order valence-corrected chi connectivity index (χ4v) is 4.32. The monoisotopic (exact) mass is 378 g/mol. The molecule has 2 atom stereocenters. The number of hydrogen-bond acceptors (Lipinski definition) is 4. The smallest absolute Gasteiger partial charge is 0.308 e. The summed E-state index contributed by atoms with van der Waals surface area (Å²) < 4.78 is 0. The number of benzene rings is 1. The first-order valence-corrected chi connectivity index (χ1v) is 9.30. The van der Waals surface area contributed by atoms with Crippen molar-refractivity contribution in [2.24, 2.45) is 11.8 Å². The van der Waals surface area contributed by atoms with Gasteiger partial charge >= 0.3 is 5.97 Å². The number of nitrogens with zero attached hydrogens (tertiary/aromatic N) is 2. The highest BCUT2D eigenvalue weighted by Gasteiger charge is 2.33. The van der Waals surface area contributed by atoms with Crippen LogP contribution in [0.4, 0.5) is 0 Å². The van der Waals surface area contributed by atoms with E-state index in [1.807, 2.05) is 26.0 Å². The molecule has 1 N–H and O–H groups in total. The van der Waals surface area contributed by atoms with Gasteiger partial charge in [-0.15, -0.1) is 11.3 Å². The van der Waals surface area contributed by atoms with Gasteiger partial charge < -0.3 is 10.0 Å². The Morgan fingerprint density at radius 1 is 1.28 bits per heavy atom. The lowest BCUT2D eigenvalue weighted by molar-refractivity contribution is -0.143. The van der Waals surface area contributed by atoms with Gasteiger partial charge in [0, 0.05) is 23.7 Å². The van der Waals surface area contributed by atoms with Gasteiger partial charge in [-0.1, -0.05) is 30.7 Å². The van der Waals surface area contributed by atoms with E-state index in [1.54, 1.807) is 17.0 Å². The molecule has 0 spiro atoms. The van der Waals surface area contributed by atoms with E-state index in [0.717, 1.165) is 10.6 Å². The van der Waals surface area contributed by atoms with Crippen LogP contribution in [0.2, 0.25) is 5.02 Å². The number of aliphatic carboxylic acids is 1. The zero-order valence-corrected chi connectivity index (χ0v) is 15.6. The number of rotatable bonds is 3. The van der Waals surface area contributed by atoms with Gasteiger partial charge in [-0.2, -0.15) is 0 Å². The van der Waals surface area contributed by atoms with Crippen LogP contribution in [0.5, 0.6) is 0 Å². The molecular weight excluding hydrogens is 360 g/mol. The quantitative estimate of drug-likeness (QED) is 0.877. The van der Waals surface area contributed by atoms with Crippen molar-refractivity contribution in [1.29, 1.82) is 0 Å². The Hall–Kier alpha value is -1.92. The molecule has 1 fully saturated rings. The fourth-order valence-electron chi connectivity index (χ4n) is 3.15. The largest absolute Gasteiger partial charge is 0.481 e. The fraction of sp³-hybridized carbons (Fsp3) is 0.389. The Morgan fingerprint density at radius 2 is 1.96 bits per heavy atom. The van der Waals surface area contributed by atoms with Crippen molar-refractivity contribution < 1.29 is 14.7 Å². The Labute approximate surface area is 155 Å². The number of carboxylic acid groups (broad SMARTS) is 1.